The minimum Gasteiger partial charge on any atom is -0.274 e. The Bertz CT molecular complexity index is 930. The molecule has 0 N–H and O–H groups in total. The van der Waals surface area contributed by atoms with Crippen LogP contribution in [0.2, 0.25) is 15.1 Å². The number of benzene rings is 1. The van der Waals surface area contributed by atoms with Crippen molar-refractivity contribution in [2.24, 2.45) is 0 Å². The van der Waals surface area contributed by atoms with Gasteiger partial charge in [0, 0.05) is 12.8 Å². The number of unbranched alkanes of at least 4 members (excludes halogenated alkanes) is 2. The first-order valence-corrected chi connectivity index (χ1v) is 10.5. The molecule has 0 spiro atoms. The molecule has 0 atom stereocenters. The Balaban J connectivity index is 2.66. The van der Waals surface area contributed by atoms with Crippen LogP contribution in [0.1, 0.15) is 57.9 Å². The summed E-state index contributed by atoms with van der Waals surface area (Å²) in [4.78, 5) is 26.9. The predicted octanol–water partition coefficient (Wildman–Crippen LogP) is 5.94. The molecule has 0 unspecified atom stereocenters. The molecule has 9 heteroatoms. The van der Waals surface area contributed by atoms with Crippen LogP contribution in [0.15, 0.2) is 18.3 Å². The molecule has 0 aliphatic heterocycles. The van der Waals surface area contributed by atoms with Crippen LogP contribution in [0.5, 0.6) is 0 Å². The second-order valence-corrected chi connectivity index (χ2v) is 7.59. The summed E-state index contributed by atoms with van der Waals surface area (Å²) in [5.41, 5.74) is 0.399. The number of halogens is 3. The third-order valence-electron chi connectivity index (χ3n) is 4.31. The Labute approximate surface area is 184 Å². The first-order valence-electron chi connectivity index (χ1n) is 9.35. The molecule has 0 saturated carbocycles. The number of hydrogen-bond donors (Lipinski definition) is 0. The number of nitriles is 1. The van der Waals surface area contributed by atoms with Gasteiger partial charge < -0.3 is 0 Å². The highest BCUT2D eigenvalue weighted by Crippen LogP contribution is 2.37. The summed E-state index contributed by atoms with van der Waals surface area (Å²) in [5, 5.41) is 14.3. The first-order chi connectivity index (χ1) is 13.9. The number of imide groups is 1. The zero-order chi connectivity index (χ0) is 21.6. The minimum atomic E-state index is -0.387. The zero-order valence-corrected chi connectivity index (χ0v) is 18.5. The third-order valence-corrected chi connectivity index (χ3v) is 5.59. The number of anilines is 1. The Kier molecular flexibility index (Phi) is 8.51. The molecule has 0 saturated heterocycles. The normalized spacial score (nSPS) is 10.6. The van der Waals surface area contributed by atoms with Crippen LogP contribution in [-0.4, -0.2) is 21.6 Å². The molecule has 0 aliphatic rings. The van der Waals surface area contributed by atoms with Gasteiger partial charge in [-0.1, -0.05) is 61.5 Å². The van der Waals surface area contributed by atoms with Crippen LogP contribution in [0.3, 0.4) is 0 Å². The van der Waals surface area contributed by atoms with Gasteiger partial charge in [-0.05, 0) is 25.0 Å². The summed E-state index contributed by atoms with van der Waals surface area (Å²) in [6.07, 6.45) is 4.50. The van der Waals surface area contributed by atoms with Gasteiger partial charge in [-0.15, -0.1) is 0 Å². The first kappa shape index (κ1) is 23.2. The van der Waals surface area contributed by atoms with Crippen LogP contribution < -0.4 is 4.90 Å². The average molecular weight is 456 g/mol. The van der Waals surface area contributed by atoms with Gasteiger partial charge in [0.15, 0.2) is 5.82 Å². The SMILES string of the molecule is CCCCC(=O)N(C(=O)CCCC)c1c(C#N)cnn1-c1ccc(Cl)c(Cl)c1Cl. The van der Waals surface area contributed by atoms with Crippen LogP contribution >= 0.6 is 34.8 Å². The highest BCUT2D eigenvalue weighted by Gasteiger charge is 2.30. The van der Waals surface area contributed by atoms with Crippen molar-refractivity contribution in [2.75, 3.05) is 4.90 Å². The second-order valence-electron chi connectivity index (χ2n) is 6.43. The fourth-order valence-corrected chi connectivity index (χ4v) is 3.36. The van der Waals surface area contributed by atoms with Crippen molar-refractivity contribution in [3.63, 3.8) is 0 Å². The maximum absolute atomic E-state index is 12.9. The van der Waals surface area contributed by atoms with E-state index in [2.05, 4.69) is 5.10 Å². The Morgan fingerprint density at radius 2 is 1.66 bits per heavy atom. The Morgan fingerprint density at radius 1 is 1.07 bits per heavy atom. The lowest BCUT2D eigenvalue weighted by Crippen LogP contribution is -2.38. The molecule has 1 aromatic carbocycles. The van der Waals surface area contributed by atoms with Crippen molar-refractivity contribution in [3.8, 4) is 11.8 Å². The quantitative estimate of drug-likeness (QED) is 0.461. The zero-order valence-electron chi connectivity index (χ0n) is 16.2. The maximum atomic E-state index is 12.9. The number of hydrogen-bond acceptors (Lipinski definition) is 4. The molecule has 1 heterocycles. The van der Waals surface area contributed by atoms with Crippen molar-refractivity contribution < 1.29 is 9.59 Å². The summed E-state index contributed by atoms with van der Waals surface area (Å²) in [5.74, 6) is -0.709. The van der Waals surface area contributed by atoms with E-state index >= 15 is 0 Å². The van der Waals surface area contributed by atoms with Crippen LogP contribution in [0.4, 0.5) is 5.82 Å². The molecular formula is C20H21Cl3N4O2. The van der Waals surface area contributed by atoms with Crippen molar-refractivity contribution in [1.29, 1.82) is 5.26 Å². The van der Waals surface area contributed by atoms with Crippen LogP contribution in [-0.2, 0) is 9.59 Å². The largest absolute Gasteiger partial charge is 0.274 e. The number of carbonyl (C=O) groups is 2. The number of rotatable bonds is 8. The van der Waals surface area contributed by atoms with Crippen molar-refractivity contribution >= 4 is 52.4 Å². The van der Waals surface area contributed by atoms with E-state index in [0.29, 0.717) is 18.5 Å². The van der Waals surface area contributed by atoms with E-state index in [0.717, 1.165) is 17.7 Å². The van der Waals surface area contributed by atoms with Gasteiger partial charge in [-0.3, -0.25) is 9.59 Å². The van der Waals surface area contributed by atoms with Gasteiger partial charge >= 0.3 is 0 Å². The summed E-state index contributed by atoms with van der Waals surface area (Å²) in [7, 11) is 0. The molecule has 2 aromatic rings. The van der Waals surface area contributed by atoms with Crippen molar-refractivity contribution in [3.05, 3.63) is 39.0 Å². The minimum absolute atomic E-state index is 0.0648. The topological polar surface area (TPSA) is 79.0 Å². The summed E-state index contributed by atoms with van der Waals surface area (Å²) in [6.45, 7) is 3.91. The van der Waals surface area contributed by atoms with Gasteiger partial charge in [0.2, 0.25) is 11.8 Å². The molecule has 0 radical (unpaired) electrons. The molecule has 29 heavy (non-hydrogen) atoms. The lowest BCUT2D eigenvalue weighted by molar-refractivity contribution is -0.126. The fourth-order valence-electron chi connectivity index (χ4n) is 2.75. The Morgan fingerprint density at radius 3 is 2.17 bits per heavy atom. The maximum Gasteiger partial charge on any atom is 0.235 e. The molecule has 0 bridgehead atoms. The number of carbonyl (C=O) groups excluding carboxylic acids is 2. The van der Waals surface area contributed by atoms with E-state index in [9.17, 15) is 14.9 Å². The lowest BCUT2D eigenvalue weighted by atomic mass is 10.2. The molecule has 0 fully saturated rings. The average Bonchev–Trinajstić information content (AvgIpc) is 3.12. The molecule has 154 valence electrons. The fraction of sp³-hybridized carbons (Fsp3) is 0.400. The molecule has 1 aromatic heterocycles. The molecule has 6 nitrogen and oxygen atoms in total. The van der Waals surface area contributed by atoms with Gasteiger partial charge in [-0.25, -0.2) is 9.58 Å². The molecular weight excluding hydrogens is 435 g/mol. The molecule has 0 aliphatic carbocycles. The number of aromatic nitrogens is 2. The lowest BCUT2D eigenvalue weighted by Gasteiger charge is -2.23. The van der Waals surface area contributed by atoms with E-state index < -0.39 is 0 Å². The van der Waals surface area contributed by atoms with Gasteiger partial charge in [0.1, 0.15) is 11.6 Å². The Hall–Kier alpha value is -2.07. The van der Waals surface area contributed by atoms with E-state index in [1.807, 2.05) is 19.9 Å². The van der Waals surface area contributed by atoms with E-state index in [1.54, 1.807) is 6.07 Å². The van der Waals surface area contributed by atoms with Crippen molar-refractivity contribution in [2.45, 2.75) is 52.4 Å². The highest BCUT2D eigenvalue weighted by atomic mass is 35.5. The summed E-state index contributed by atoms with van der Waals surface area (Å²) < 4.78 is 1.29. The van der Waals surface area contributed by atoms with Crippen molar-refractivity contribution in [1.82, 2.24) is 9.78 Å². The smallest absolute Gasteiger partial charge is 0.235 e. The monoisotopic (exact) mass is 454 g/mol. The predicted molar refractivity (Wildman–Crippen MR) is 115 cm³/mol. The summed E-state index contributed by atoms with van der Waals surface area (Å²) in [6, 6.07) is 5.10. The summed E-state index contributed by atoms with van der Waals surface area (Å²) >= 11 is 18.5. The van der Waals surface area contributed by atoms with Crippen LogP contribution in [0, 0.1) is 11.3 Å². The molecule has 2 amide bonds. The highest BCUT2D eigenvalue weighted by molar-refractivity contribution is 6.48. The van der Waals surface area contributed by atoms with E-state index in [4.69, 9.17) is 34.8 Å². The number of nitrogens with zero attached hydrogens (tertiary/aromatic N) is 4. The van der Waals surface area contributed by atoms with Crippen LogP contribution in [0.25, 0.3) is 5.69 Å². The van der Waals surface area contributed by atoms with Gasteiger partial charge in [0.05, 0.1) is 27.0 Å². The second kappa shape index (κ2) is 10.6. The van der Waals surface area contributed by atoms with Gasteiger partial charge in [0.25, 0.3) is 0 Å². The van der Waals surface area contributed by atoms with E-state index in [-0.39, 0.29) is 51.1 Å². The molecule has 2 rings (SSSR count). The standard InChI is InChI=1S/C20H21Cl3N4O2/c1-3-5-7-16(28)26(17(29)8-6-4-2)20-13(11-24)12-25-27(20)15-10-9-14(21)18(22)19(15)23/h9-10,12H,3-8H2,1-2H3. The number of amides is 2. The van der Waals surface area contributed by atoms with E-state index in [1.165, 1.54) is 16.9 Å². The third kappa shape index (κ3) is 5.11. The van der Waals surface area contributed by atoms with Gasteiger partial charge in [-0.2, -0.15) is 10.4 Å².